The predicted octanol–water partition coefficient (Wildman–Crippen LogP) is 3.23. The van der Waals surface area contributed by atoms with Crippen LogP contribution in [-0.2, 0) is 0 Å². The molecule has 0 spiro atoms. The van der Waals surface area contributed by atoms with Crippen molar-refractivity contribution in [2.24, 2.45) is 0 Å². The summed E-state index contributed by atoms with van der Waals surface area (Å²) in [6, 6.07) is 4.48. The van der Waals surface area contributed by atoms with Gasteiger partial charge in [-0.15, -0.1) is 11.3 Å². The van der Waals surface area contributed by atoms with E-state index in [1.54, 1.807) is 26.0 Å². The second kappa shape index (κ2) is 5.88. The Morgan fingerprint density at radius 2 is 2.24 bits per heavy atom. The van der Waals surface area contributed by atoms with Gasteiger partial charge in [-0.1, -0.05) is 12.1 Å². The molecule has 2 aromatic rings. The van der Waals surface area contributed by atoms with E-state index in [1.165, 1.54) is 22.8 Å². The van der Waals surface area contributed by atoms with Crippen molar-refractivity contribution in [1.29, 1.82) is 0 Å². The molecule has 0 amide bonds. The van der Waals surface area contributed by atoms with E-state index in [1.807, 2.05) is 0 Å². The Morgan fingerprint density at radius 1 is 1.52 bits per heavy atom. The van der Waals surface area contributed by atoms with Gasteiger partial charge in [-0.3, -0.25) is 10.1 Å². The molecular formula is C13H13N3O4S. The summed E-state index contributed by atoms with van der Waals surface area (Å²) in [5.74, 6) is -1.09. The van der Waals surface area contributed by atoms with Crippen LogP contribution < -0.4 is 5.32 Å². The van der Waals surface area contributed by atoms with Gasteiger partial charge < -0.3 is 10.4 Å². The number of carboxylic acid groups (broad SMARTS) is 1. The summed E-state index contributed by atoms with van der Waals surface area (Å²) < 4.78 is 0. The molecule has 0 aliphatic carbocycles. The lowest BCUT2D eigenvalue weighted by Gasteiger charge is -2.14. The number of aromatic nitrogens is 1. The number of hydrogen-bond acceptors (Lipinski definition) is 6. The van der Waals surface area contributed by atoms with E-state index in [4.69, 9.17) is 5.11 Å². The highest BCUT2D eigenvalue weighted by Crippen LogP contribution is 2.31. The van der Waals surface area contributed by atoms with Gasteiger partial charge in [0, 0.05) is 11.4 Å². The van der Waals surface area contributed by atoms with Gasteiger partial charge in [0.25, 0.3) is 5.69 Å². The number of nitro groups is 1. The molecule has 0 bridgehead atoms. The number of nitro benzene ring substituents is 1. The maximum absolute atomic E-state index is 11.1. The average molecular weight is 307 g/mol. The Hall–Kier alpha value is -2.48. The molecule has 0 aliphatic heterocycles. The predicted molar refractivity (Wildman–Crippen MR) is 78.9 cm³/mol. The molecule has 0 saturated carbocycles. The minimum atomic E-state index is -1.09. The molecule has 21 heavy (non-hydrogen) atoms. The number of thiazole rings is 1. The number of anilines is 1. The summed E-state index contributed by atoms with van der Waals surface area (Å²) in [5.41, 5.74) is 1.12. The van der Waals surface area contributed by atoms with Crippen LogP contribution in [0.1, 0.15) is 34.0 Å². The number of aryl methyl sites for hydroxylation is 1. The van der Waals surface area contributed by atoms with Crippen LogP contribution in [-0.4, -0.2) is 21.0 Å². The summed E-state index contributed by atoms with van der Waals surface area (Å²) >= 11 is 1.20. The first-order valence-electron chi connectivity index (χ1n) is 6.09. The molecule has 1 aromatic carbocycles. The van der Waals surface area contributed by atoms with Crippen LogP contribution in [0.4, 0.5) is 11.4 Å². The third kappa shape index (κ3) is 3.16. The number of carbonyl (C=O) groups is 1. The van der Waals surface area contributed by atoms with Crippen molar-refractivity contribution in [2.75, 3.05) is 5.32 Å². The van der Waals surface area contributed by atoms with Crippen molar-refractivity contribution in [3.8, 4) is 0 Å². The van der Waals surface area contributed by atoms with Gasteiger partial charge in [0.1, 0.15) is 10.7 Å². The lowest BCUT2D eigenvalue weighted by molar-refractivity contribution is -0.384. The Labute approximate surface area is 124 Å². The number of benzene rings is 1. The van der Waals surface area contributed by atoms with Crippen molar-refractivity contribution in [1.82, 2.24) is 4.98 Å². The molecule has 1 heterocycles. The van der Waals surface area contributed by atoms with E-state index in [9.17, 15) is 14.9 Å². The SMILES string of the molecule is Cc1cccc([N+](=O)[O-])c1NC(C)c1nc(C(=O)O)cs1. The summed E-state index contributed by atoms with van der Waals surface area (Å²) in [5, 5.41) is 25.0. The molecule has 0 fully saturated rings. The first-order chi connectivity index (χ1) is 9.90. The van der Waals surface area contributed by atoms with Gasteiger partial charge in [0.2, 0.25) is 0 Å². The fourth-order valence-electron chi connectivity index (χ4n) is 1.86. The lowest BCUT2D eigenvalue weighted by Crippen LogP contribution is -2.10. The number of aromatic carboxylic acids is 1. The summed E-state index contributed by atoms with van der Waals surface area (Å²) in [7, 11) is 0. The highest BCUT2D eigenvalue weighted by Gasteiger charge is 2.20. The monoisotopic (exact) mass is 307 g/mol. The number of nitrogens with zero attached hydrogens (tertiary/aromatic N) is 2. The van der Waals surface area contributed by atoms with E-state index in [0.717, 1.165) is 5.56 Å². The Morgan fingerprint density at radius 3 is 2.81 bits per heavy atom. The van der Waals surface area contributed by atoms with E-state index in [2.05, 4.69) is 10.3 Å². The zero-order valence-electron chi connectivity index (χ0n) is 11.4. The highest BCUT2D eigenvalue weighted by atomic mass is 32.1. The van der Waals surface area contributed by atoms with E-state index >= 15 is 0 Å². The molecule has 110 valence electrons. The van der Waals surface area contributed by atoms with Crippen LogP contribution >= 0.6 is 11.3 Å². The van der Waals surface area contributed by atoms with Gasteiger partial charge in [-0.25, -0.2) is 9.78 Å². The molecule has 7 nitrogen and oxygen atoms in total. The number of rotatable bonds is 5. The number of hydrogen-bond donors (Lipinski definition) is 2. The van der Waals surface area contributed by atoms with E-state index in [0.29, 0.717) is 10.7 Å². The summed E-state index contributed by atoms with van der Waals surface area (Å²) in [6.45, 7) is 3.55. The highest BCUT2D eigenvalue weighted by molar-refractivity contribution is 7.09. The van der Waals surface area contributed by atoms with Crippen molar-refractivity contribution < 1.29 is 14.8 Å². The average Bonchev–Trinajstić information content (AvgIpc) is 2.90. The molecule has 2 rings (SSSR count). The quantitative estimate of drug-likeness (QED) is 0.649. The fraction of sp³-hybridized carbons (Fsp3) is 0.231. The molecule has 0 aliphatic rings. The zero-order chi connectivity index (χ0) is 15.6. The second-order valence-electron chi connectivity index (χ2n) is 4.47. The molecule has 0 saturated heterocycles. The van der Waals surface area contributed by atoms with Gasteiger partial charge in [0.15, 0.2) is 5.69 Å². The Bertz CT molecular complexity index is 698. The summed E-state index contributed by atoms with van der Waals surface area (Å²) in [4.78, 5) is 25.4. The van der Waals surface area contributed by atoms with Crippen LogP contribution in [0, 0.1) is 17.0 Å². The maximum atomic E-state index is 11.1. The zero-order valence-corrected chi connectivity index (χ0v) is 12.2. The van der Waals surface area contributed by atoms with Crippen molar-refractivity contribution in [3.05, 3.63) is 50.0 Å². The van der Waals surface area contributed by atoms with Crippen LogP contribution in [0.2, 0.25) is 0 Å². The third-order valence-electron chi connectivity index (χ3n) is 2.92. The van der Waals surface area contributed by atoms with Crippen LogP contribution in [0.15, 0.2) is 23.6 Å². The van der Waals surface area contributed by atoms with Crippen LogP contribution in [0.3, 0.4) is 0 Å². The molecule has 8 heteroatoms. The Balaban J connectivity index is 2.28. The maximum Gasteiger partial charge on any atom is 0.355 e. The molecule has 2 N–H and O–H groups in total. The molecule has 1 atom stereocenters. The van der Waals surface area contributed by atoms with Gasteiger partial charge >= 0.3 is 5.97 Å². The first-order valence-corrected chi connectivity index (χ1v) is 6.97. The molecule has 1 aromatic heterocycles. The largest absolute Gasteiger partial charge is 0.476 e. The summed E-state index contributed by atoms with van der Waals surface area (Å²) in [6.07, 6.45) is 0. The molecule has 1 unspecified atom stereocenters. The number of para-hydroxylation sites is 1. The second-order valence-corrected chi connectivity index (χ2v) is 5.36. The molecular weight excluding hydrogens is 294 g/mol. The standard InChI is InChI=1S/C13H13N3O4S/c1-7-4-3-5-10(16(19)20)11(7)14-8(2)12-15-9(6-21-12)13(17)18/h3-6,8,14H,1-2H3,(H,17,18). The minimum Gasteiger partial charge on any atom is -0.476 e. The van der Waals surface area contributed by atoms with E-state index in [-0.39, 0.29) is 17.4 Å². The number of nitrogens with one attached hydrogen (secondary N) is 1. The van der Waals surface area contributed by atoms with Gasteiger partial charge in [-0.2, -0.15) is 0 Å². The van der Waals surface area contributed by atoms with Crippen LogP contribution in [0.5, 0.6) is 0 Å². The lowest BCUT2D eigenvalue weighted by atomic mass is 10.1. The smallest absolute Gasteiger partial charge is 0.355 e. The van der Waals surface area contributed by atoms with Crippen molar-refractivity contribution in [3.63, 3.8) is 0 Å². The van der Waals surface area contributed by atoms with Crippen LogP contribution in [0.25, 0.3) is 0 Å². The number of carboxylic acids is 1. The first kappa shape index (κ1) is 14.9. The van der Waals surface area contributed by atoms with Crippen molar-refractivity contribution in [2.45, 2.75) is 19.9 Å². The fourth-order valence-corrected chi connectivity index (χ4v) is 2.66. The minimum absolute atomic E-state index is 0.0168. The van der Waals surface area contributed by atoms with Gasteiger partial charge in [0.05, 0.1) is 11.0 Å². The third-order valence-corrected chi connectivity index (χ3v) is 3.95. The van der Waals surface area contributed by atoms with Crippen molar-refractivity contribution >= 4 is 28.7 Å². The normalized spacial score (nSPS) is 11.9. The Kier molecular flexibility index (Phi) is 4.18. The van der Waals surface area contributed by atoms with Gasteiger partial charge in [-0.05, 0) is 19.4 Å². The topological polar surface area (TPSA) is 105 Å². The molecule has 0 radical (unpaired) electrons. The van der Waals surface area contributed by atoms with E-state index < -0.39 is 10.9 Å².